The highest BCUT2D eigenvalue weighted by Gasteiger charge is 2.30. The largest absolute Gasteiger partial charge is 0.336 e. The summed E-state index contributed by atoms with van der Waals surface area (Å²) < 4.78 is 1.58. The van der Waals surface area contributed by atoms with Crippen molar-refractivity contribution in [3.8, 4) is 0 Å². The number of carbonyl (C=O) groups excluding carboxylic acids is 1. The molecule has 1 aliphatic rings. The fourth-order valence-corrected chi connectivity index (χ4v) is 3.50. The lowest BCUT2D eigenvalue weighted by molar-refractivity contribution is -0.137. The second kappa shape index (κ2) is 6.84. The van der Waals surface area contributed by atoms with Gasteiger partial charge in [0.05, 0.1) is 0 Å². The van der Waals surface area contributed by atoms with Crippen LogP contribution in [0.4, 0.5) is 0 Å². The molecule has 1 aliphatic heterocycles. The van der Waals surface area contributed by atoms with Crippen molar-refractivity contribution in [2.24, 2.45) is 7.05 Å². The van der Waals surface area contributed by atoms with Gasteiger partial charge >= 0.3 is 0 Å². The van der Waals surface area contributed by atoms with E-state index in [9.17, 15) is 9.59 Å². The Hall–Kier alpha value is -2.40. The van der Waals surface area contributed by atoms with E-state index in [-0.39, 0.29) is 17.5 Å². The topological polar surface area (TPSA) is 45.6 Å². The van der Waals surface area contributed by atoms with Gasteiger partial charge in [-0.05, 0) is 44.1 Å². The van der Waals surface area contributed by atoms with Crippen LogP contribution in [0.1, 0.15) is 28.3 Å². The number of hydrogen-bond donors (Lipinski definition) is 0. The van der Waals surface area contributed by atoms with Gasteiger partial charge in [0, 0.05) is 32.4 Å². The number of benzene rings is 1. The molecule has 1 aromatic heterocycles. The minimum absolute atomic E-state index is 0.00413. The molecule has 3 rings (SSSR count). The summed E-state index contributed by atoms with van der Waals surface area (Å²) >= 11 is 0. The van der Waals surface area contributed by atoms with Crippen LogP contribution in [-0.2, 0) is 24.8 Å². The Morgan fingerprint density at radius 2 is 1.96 bits per heavy atom. The Bertz CT molecular complexity index is 854. The summed E-state index contributed by atoms with van der Waals surface area (Å²) in [5.41, 5.74) is 4.29. The molecule has 0 N–H and O–H groups in total. The van der Waals surface area contributed by atoms with Crippen molar-refractivity contribution in [3.63, 3.8) is 0 Å². The van der Waals surface area contributed by atoms with Crippen molar-refractivity contribution >= 4 is 5.91 Å². The van der Waals surface area contributed by atoms with E-state index in [0.29, 0.717) is 13.1 Å². The second-order valence-electron chi connectivity index (χ2n) is 7.06. The maximum absolute atomic E-state index is 13.2. The summed E-state index contributed by atoms with van der Waals surface area (Å²) in [6, 6.07) is 9.52. The summed E-state index contributed by atoms with van der Waals surface area (Å²) in [7, 11) is 5.62. The quantitative estimate of drug-likeness (QED) is 0.858. The third-order valence-corrected chi connectivity index (χ3v) is 4.84. The van der Waals surface area contributed by atoms with Gasteiger partial charge in [-0.1, -0.05) is 29.8 Å². The number of likely N-dealkylation sites (N-methyl/N-ethyl adjacent to an activating group) is 1. The Morgan fingerprint density at radius 3 is 2.64 bits per heavy atom. The van der Waals surface area contributed by atoms with Crippen molar-refractivity contribution in [1.82, 2.24) is 14.4 Å². The number of pyridine rings is 1. The number of aromatic nitrogens is 1. The minimum Gasteiger partial charge on any atom is -0.336 e. The van der Waals surface area contributed by atoms with Crippen LogP contribution >= 0.6 is 0 Å². The highest BCUT2D eigenvalue weighted by molar-refractivity contribution is 5.83. The van der Waals surface area contributed by atoms with Gasteiger partial charge in [-0.2, -0.15) is 0 Å². The van der Waals surface area contributed by atoms with E-state index in [1.165, 1.54) is 0 Å². The first kappa shape index (κ1) is 17.4. The third kappa shape index (κ3) is 3.51. The molecule has 132 valence electrons. The maximum atomic E-state index is 13.2. The van der Waals surface area contributed by atoms with Gasteiger partial charge in [0.1, 0.15) is 6.04 Å². The maximum Gasteiger partial charge on any atom is 0.250 e. The van der Waals surface area contributed by atoms with E-state index in [1.807, 2.05) is 55.2 Å². The van der Waals surface area contributed by atoms with Crippen molar-refractivity contribution in [2.75, 3.05) is 20.6 Å². The highest BCUT2D eigenvalue weighted by atomic mass is 16.2. The molecule has 0 fully saturated rings. The summed E-state index contributed by atoms with van der Waals surface area (Å²) in [6.07, 6.45) is 2.58. The highest BCUT2D eigenvalue weighted by Crippen LogP contribution is 2.25. The van der Waals surface area contributed by atoms with Crippen LogP contribution in [0.3, 0.4) is 0 Å². The molecule has 0 bridgehead atoms. The smallest absolute Gasteiger partial charge is 0.250 e. The molecule has 2 heterocycles. The van der Waals surface area contributed by atoms with Gasteiger partial charge in [-0.3, -0.25) is 14.5 Å². The van der Waals surface area contributed by atoms with E-state index in [1.54, 1.807) is 17.7 Å². The van der Waals surface area contributed by atoms with Crippen molar-refractivity contribution in [3.05, 3.63) is 69.1 Å². The van der Waals surface area contributed by atoms with E-state index in [4.69, 9.17) is 0 Å². The lowest BCUT2D eigenvalue weighted by atomic mass is 9.98. The number of rotatable bonds is 3. The molecule has 5 nitrogen and oxygen atoms in total. The first-order chi connectivity index (χ1) is 11.9. The first-order valence-electron chi connectivity index (χ1n) is 8.57. The molecule has 0 spiro atoms. The fourth-order valence-electron chi connectivity index (χ4n) is 3.50. The summed E-state index contributed by atoms with van der Waals surface area (Å²) in [5.74, 6) is 0.107. The van der Waals surface area contributed by atoms with Crippen LogP contribution in [0.15, 0.2) is 41.3 Å². The number of carbonyl (C=O) groups is 1. The fraction of sp³-hybridized carbons (Fsp3) is 0.400. The molecule has 1 aromatic carbocycles. The second-order valence-corrected chi connectivity index (χ2v) is 7.06. The normalized spacial score (nSPS) is 15.2. The molecule has 1 amide bonds. The van der Waals surface area contributed by atoms with E-state index < -0.39 is 0 Å². The summed E-state index contributed by atoms with van der Waals surface area (Å²) in [5, 5.41) is 0. The molecule has 2 aromatic rings. The van der Waals surface area contributed by atoms with Gasteiger partial charge in [-0.15, -0.1) is 0 Å². The molecular weight excluding hydrogens is 314 g/mol. The van der Waals surface area contributed by atoms with Gasteiger partial charge < -0.3 is 9.47 Å². The van der Waals surface area contributed by atoms with Crippen LogP contribution in [-0.4, -0.2) is 40.9 Å². The predicted octanol–water partition coefficient (Wildman–Crippen LogP) is 1.88. The Balaban J connectivity index is 1.88. The minimum atomic E-state index is -0.297. The Labute approximate surface area is 148 Å². The average molecular weight is 339 g/mol. The van der Waals surface area contributed by atoms with Crippen LogP contribution in [0, 0.1) is 6.92 Å². The molecule has 0 radical (unpaired) electrons. The lowest BCUT2D eigenvalue weighted by Crippen LogP contribution is -2.43. The van der Waals surface area contributed by atoms with Crippen LogP contribution in [0.25, 0.3) is 0 Å². The van der Waals surface area contributed by atoms with Crippen molar-refractivity contribution in [1.29, 1.82) is 0 Å². The molecule has 0 saturated heterocycles. The molecular formula is C20H25N3O2. The van der Waals surface area contributed by atoms with Crippen molar-refractivity contribution in [2.45, 2.75) is 25.9 Å². The number of aryl methyl sites for hydroxylation is 2. The predicted molar refractivity (Wildman–Crippen MR) is 98.4 cm³/mol. The zero-order chi connectivity index (χ0) is 18.1. The van der Waals surface area contributed by atoms with Crippen LogP contribution in [0.5, 0.6) is 0 Å². The van der Waals surface area contributed by atoms with Crippen LogP contribution < -0.4 is 5.56 Å². The zero-order valence-electron chi connectivity index (χ0n) is 15.3. The van der Waals surface area contributed by atoms with Gasteiger partial charge in [0.15, 0.2) is 0 Å². The molecule has 25 heavy (non-hydrogen) atoms. The standard InChI is InChI=1S/C20H25N3O2/c1-14-6-5-7-16(10-14)19(21(2)3)20(25)23-9-8-15-11-18(24)22(4)12-17(15)13-23/h5-7,10-12,19H,8-9,13H2,1-4H3. The van der Waals surface area contributed by atoms with Crippen LogP contribution in [0.2, 0.25) is 0 Å². The van der Waals surface area contributed by atoms with Gasteiger partial charge in [0.25, 0.3) is 5.56 Å². The zero-order valence-corrected chi connectivity index (χ0v) is 15.3. The SMILES string of the molecule is Cc1cccc(C(C(=O)N2CCc3cc(=O)n(C)cc3C2)N(C)C)c1. The monoisotopic (exact) mass is 339 g/mol. The van der Waals surface area contributed by atoms with Crippen molar-refractivity contribution < 1.29 is 4.79 Å². The Morgan fingerprint density at radius 1 is 1.20 bits per heavy atom. The number of nitrogens with zero attached hydrogens (tertiary/aromatic N) is 3. The lowest BCUT2D eigenvalue weighted by Gasteiger charge is -2.34. The number of hydrogen-bond acceptors (Lipinski definition) is 3. The van der Waals surface area contributed by atoms with E-state index in [0.717, 1.165) is 28.7 Å². The summed E-state index contributed by atoms with van der Waals surface area (Å²) in [4.78, 5) is 28.9. The van der Waals surface area contributed by atoms with E-state index in [2.05, 4.69) is 6.07 Å². The molecule has 0 saturated carbocycles. The first-order valence-corrected chi connectivity index (χ1v) is 8.57. The Kier molecular flexibility index (Phi) is 4.77. The number of fused-ring (bicyclic) bond motifs is 1. The van der Waals surface area contributed by atoms with E-state index >= 15 is 0 Å². The molecule has 5 heteroatoms. The van der Waals surface area contributed by atoms with Gasteiger partial charge in [-0.25, -0.2) is 0 Å². The molecule has 1 atom stereocenters. The average Bonchev–Trinajstić information content (AvgIpc) is 2.55. The summed E-state index contributed by atoms with van der Waals surface area (Å²) in [6.45, 7) is 3.24. The molecule has 0 aliphatic carbocycles. The molecule has 1 unspecified atom stereocenters. The third-order valence-electron chi connectivity index (χ3n) is 4.84. The van der Waals surface area contributed by atoms with Gasteiger partial charge in [0.2, 0.25) is 5.91 Å². The number of amides is 1.